The van der Waals surface area contributed by atoms with Crippen molar-refractivity contribution in [3.63, 3.8) is 0 Å². The summed E-state index contributed by atoms with van der Waals surface area (Å²) in [6.07, 6.45) is -2.25. The smallest absolute Gasteiger partial charge is 0.351 e. The van der Waals surface area contributed by atoms with Crippen LogP contribution < -0.4 is 11.0 Å². The largest absolute Gasteiger partial charge is 0.394 e. The Hall–Kier alpha value is -1.81. The number of aliphatic hydroxyl groups is 2. The highest BCUT2D eigenvalue weighted by atomic mass is 16.6. The van der Waals surface area contributed by atoms with Crippen molar-refractivity contribution in [2.24, 2.45) is 0 Å². The van der Waals surface area contributed by atoms with Gasteiger partial charge in [-0.1, -0.05) is 0 Å². The molecule has 1 aliphatic rings. The fourth-order valence-corrected chi connectivity index (χ4v) is 2.20. The molecular formula is C12H17N3O6. The molecule has 1 aromatic rings. The second-order valence-electron chi connectivity index (χ2n) is 4.62. The van der Waals surface area contributed by atoms with Crippen LogP contribution in [0.4, 0.5) is 5.82 Å². The first kappa shape index (κ1) is 15.6. The average Bonchev–Trinajstić information content (AvgIpc) is 2.74. The molecule has 1 saturated heterocycles. The lowest BCUT2D eigenvalue weighted by atomic mass is 10.1. The van der Waals surface area contributed by atoms with Crippen molar-refractivity contribution >= 4 is 11.7 Å². The lowest BCUT2D eigenvalue weighted by molar-refractivity contribution is -0.114. The maximum absolute atomic E-state index is 12.0. The number of methoxy groups -OCH3 is 1. The van der Waals surface area contributed by atoms with E-state index >= 15 is 0 Å². The minimum atomic E-state index is -1.06. The molecule has 0 spiro atoms. The van der Waals surface area contributed by atoms with Crippen molar-refractivity contribution in [1.82, 2.24) is 9.55 Å². The second kappa shape index (κ2) is 6.31. The van der Waals surface area contributed by atoms with E-state index in [1.54, 1.807) is 0 Å². The molecule has 21 heavy (non-hydrogen) atoms. The molecule has 0 bridgehead atoms. The number of nitrogens with zero attached hydrogens (tertiary/aromatic N) is 2. The van der Waals surface area contributed by atoms with Gasteiger partial charge in [-0.2, -0.15) is 4.98 Å². The van der Waals surface area contributed by atoms with Crippen molar-refractivity contribution in [2.45, 2.75) is 31.5 Å². The number of nitrogens with one attached hydrogen (secondary N) is 1. The van der Waals surface area contributed by atoms with E-state index in [4.69, 9.17) is 14.6 Å². The zero-order valence-electron chi connectivity index (χ0n) is 11.6. The molecule has 0 aromatic carbocycles. The maximum Gasteiger partial charge on any atom is 0.351 e. The number of hydrogen-bond acceptors (Lipinski definition) is 7. The lowest BCUT2D eigenvalue weighted by Crippen LogP contribution is -2.37. The molecular weight excluding hydrogens is 282 g/mol. The summed E-state index contributed by atoms with van der Waals surface area (Å²) in [4.78, 5) is 26.6. The van der Waals surface area contributed by atoms with Crippen LogP contribution in [0.25, 0.3) is 0 Å². The van der Waals surface area contributed by atoms with Crippen LogP contribution in [0, 0.1) is 0 Å². The van der Waals surface area contributed by atoms with E-state index in [9.17, 15) is 14.7 Å². The summed E-state index contributed by atoms with van der Waals surface area (Å²) in [6.45, 7) is 0.903. The summed E-state index contributed by atoms with van der Waals surface area (Å²) in [7, 11) is 1.37. The van der Waals surface area contributed by atoms with Crippen LogP contribution in [-0.4, -0.2) is 57.7 Å². The normalized spacial score (nSPS) is 28.6. The third-order valence-corrected chi connectivity index (χ3v) is 3.17. The van der Waals surface area contributed by atoms with Gasteiger partial charge in [0.25, 0.3) is 0 Å². The van der Waals surface area contributed by atoms with Gasteiger partial charge in [-0.25, -0.2) is 4.79 Å². The van der Waals surface area contributed by atoms with Crippen molar-refractivity contribution in [3.05, 3.63) is 22.7 Å². The van der Waals surface area contributed by atoms with E-state index in [2.05, 4.69) is 10.3 Å². The fraction of sp³-hybridized carbons (Fsp3) is 0.583. The van der Waals surface area contributed by atoms with Gasteiger partial charge in [-0.3, -0.25) is 9.36 Å². The van der Waals surface area contributed by atoms with Crippen molar-refractivity contribution in [2.75, 3.05) is 19.0 Å². The number of hydrogen-bond donors (Lipinski definition) is 3. The molecule has 4 unspecified atom stereocenters. The zero-order chi connectivity index (χ0) is 15.6. The Labute approximate surface area is 120 Å². The fourth-order valence-electron chi connectivity index (χ4n) is 2.20. The first-order valence-corrected chi connectivity index (χ1v) is 6.32. The molecule has 3 N–H and O–H groups in total. The molecule has 2 heterocycles. The highest BCUT2D eigenvalue weighted by molar-refractivity contribution is 5.87. The number of amides is 1. The molecule has 1 amide bonds. The summed E-state index contributed by atoms with van der Waals surface area (Å²) in [5, 5.41) is 21.5. The Kier molecular flexibility index (Phi) is 4.68. The van der Waals surface area contributed by atoms with Gasteiger partial charge in [0.05, 0.1) is 6.61 Å². The minimum absolute atomic E-state index is 0.120. The minimum Gasteiger partial charge on any atom is -0.394 e. The third-order valence-electron chi connectivity index (χ3n) is 3.17. The molecule has 4 atom stereocenters. The van der Waals surface area contributed by atoms with E-state index in [0.717, 1.165) is 4.57 Å². The first-order valence-electron chi connectivity index (χ1n) is 6.32. The molecule has 1 aromatic heterocycles. The first-order chi connectivity index (χ1) is 9.97. The van der Waals surface area contributed by atoms with Crippen LogP contribution in [0.3, 0.4) is 0 Å². The molecule has 9 nitrogen and oxygen atoms in total. The van der Waals surface area contributed by atoms with Gasteiger partial charge in [0.15, 0.2) is 6.23 Å². The number of rotatable bonds is 4. The van der Waals surface area contributed by atoms with E-state index in [0.29, 0.717) is 0 Å². The van der Waals surface area contributed by atoms with Gasteiger partial charge in [0.1, 0.15) is 24.1 Å². The predicted molar refractivity (Wildman–Crippen MR) is 70.6 cm³/mol. The van der Waals surface area contributed by atoms with Gasteiger partial charge in [-0.15, -0.1) is 0 Å². The predicted octanol–water partition coefficient (Wildman–Crippen LogP) is -1.53. The molecule has 1 fully saturated rings. The van der Waals surface area contributed by atoms with Crippen LogP contribution in [0.5, 0.6) is 0 Å². The van der Waals surface area contributed by atoms with Crippen LogP contribution in [0.2, 0.25) is 0 Å². The molecule has 1 aliphatic heterocycles. The number of aromatic nitrogens is 2. The number of aliphatic hydroxyl groups excluding tert-OH is 2. The topological polar surface area (TPSA) is 123 Å². The summed E-state index contributed by atoms with van der Waals surface area (Å²) < 4.78 is 11.7. The van der Waals surface area contributed by atoms with E-state index in [1.165, 1.54) is 26.3 Å². The van der Waals surface area contributed by atoms with Gasteiger partial charge in [0.2, 0.25) is 5.91 Å². The monoisotopic (exact) mass is 299 g/mol. The quantitative estimate of drug-likeness (QED) is 0.616. The molecule has 0 saturated carbocycles. The highest BCUT2D eigenvalue weighted by Crippen LogP contribution is 2.30. The Bertz CT molecular complexity index is 574. The van der Waals surface area contributed by atoms with E-state index in [-0.39, 0.29) is 11.7 Å². The summed E-state index contributed by atoms with van der Waals surface area (Å²) in [5.74, 6) is -0.225. The lowest BCUT2D eigenvalue weighted by Gasteiger charge is -2.20. The van der Waals surface area contributed by atoms with Gasteiger partial charge in [-0.05, 0) is 6.07 Å². The second-order valence-corrected chi connectivity index (χ2v) is 4.62. The van der Waals surface area contributed by atoms with Crippen LogP contribution >= 0.6 is 0 Å². The number of anilines is 1. The maximum atomic E-state index is 12.0. The highest BCUT2D eigenvalue weighted by Gasteiger charge is 2.45. The summed E-state index contributed by atoms with van der Waals surface area (Å²) >= 11 is 0. The van der Waals surface area contributed by atoms with Gasteiger partial charge in [0, 0.05) is 20.2 Å². The Balaban J connectivity index is 2.29. The molecule has 116 valence electrons. The SMILES string of the molecule is COC1C(O)C(CO)OC1n1ccc(NC(C)=O)nc1=O. The van der Waals surface area contributed by atoms with Gasteiger partial charge >= 0.3 is 5.69 Å². The van der Waals surface area contributed by atoms with E-state index < -0.39 is 36.8 Å². The summed E-state index contributed by atoms with van der Waals surface area (Å²) in [5.41, 5.74) is -0.668. The van der Waals surface area contributed by atoms with Crippen LogP contribution in [0.1, 0.15) is 13.2 Å². The Morgan fingerprint density at radius 2 is 2.33 bits per heavy atom. The number of carbonyl (C=O) groups is 1. The van der Waals surface area contributed by atoms with Crippen LogP contribution in [0.15, 0.2) is 17.1 Å². The molecule has 0 radical (unpaired) electrons. The average molecular weight is 299 g/mol. The van der Waals surface area contributed by atoms with Crippen molar-refractivity contribution in [1.29, 1.82) is 0 Å². The summed E-state index contributed by atoms with van der Waals surface area (Å²) in [6, 6.07) is 1.43. The number of ether oxygens (including phenoxy) is 2. The standard InChI is InChI=1S/C12H17N3O6/c1-6(17)13-8-3-4-15(12(19)14-8)11-10(20-2)9(18)7(5-16)21-11/h3-4,7,9-11,16,18H,5H2,1-2H3,(H,13,14,17,19). The van der Waals surface area contributed by atoms with Crippen molar-refractivity contribution in [3.8, 4) is 0 Å². The number of carbonyl (C=O) groups excluding carboxylic acids is 1. The van der Waals surface area contributed by atoms with Crippen molar-refractivity contribution < 1.29 is 24.5 Å². The molecule has 9 heteroatoms. The molecule has 2 rings (SSSR count). The Morgan fingerprint density at radius 1 is 1.62 bits per heavy atom. The third kappa shape index (κ3) is 3.10. The van der Waals surface area contributed by atoms with Crippen LogP contribution in [-0.2, 0) is 14.3 Å². The zero-order valence-corrected chi connectivity index (χ0v) is 11.6. The Morgan fingerprint density at radius 3 is 2.86 bits per heavy atom. The molecule has 0 aliphatic carbocycles. The van der Waals surface area contributed by atoms with Gasteiger partial charge < -0.3 is 25.0 Å². The van der Waals surface area contributed by atoms with E-state index in [1.807, 2.05) is 0 Å².